The van der Waals surface area contributed by atoms with E-state index >= 15 is 0 Å². The second kappa shape index (κ2) is 7.65. The number of aliphatic imine (C=N–C) groups is 1. The third-order valence-electron chi connectivity index (χ3n) is 7.23. The molecule has 0 fully saturated rings. The molecule has 1 aromatic heterocycles. The van der Waals surface area contributed by atoms with E-state index in [1.54, 1.807) is 11.8 Å². The Kier molecular flexibility index (Phi) is 5.16. The topological polar surface area (TPSA) is 45.8 Å². The smallest absolute Gasteiger partial charge is 0.346 e. The van der Waals surface area contributed by atoms with Gasteiger partial charge in [-0.25, -0.2) is 4.79 Å². The second-order valence-corrected chi connectivity index (χ2v) is 11.9. The van der Waals surface area contributed by atoms with Crippen molar-refractivity contribution in [2.75, 3.05) is 24.5 Å². The van der Waals surface area contributed by atoms with Crippen LogP contribution >= 0.6 is 11.8 Å². The molecule has 1 atom stereocenters. The molecule has 3 aliphatic heterocycles. The molecule has 3 aliphatic rings. The highest BCUT2D eigenvalue weighted by Gasteiger charge is 2.42. The van der Waals surface area contributed by atoms with Crippen molar-refractivity contribution in [2.24, 2.45) is 4.99 Å². The Hall–Kier alpha value is -2.27. The van der Waals surface area contributed by atoms with Crippen LogP contribution in [0.5, 0.6) is 0 Å². The average molecular weight is 449 g/mol. The van der Waals surface area contributed by atoms with Crippen LogP contribution in [0.15, 0.2) is 50.6 Å². The highest BCUT2D eigenvalue weighted by atomic mass is 32.2. The van der Waals surface area contributed by atoms with E-state index in [0.717, 1.165) is 41.9 Å². The zero-order valence-electron chi connectivity index (χ0n) is 19.7. The second-order valence-electron chi connectivity index (χ2n) is 10.6. The molecule has 0 bridgehead atoms. The highest BCUT2D eigenvalue weighted by Crippen LogP contribution is 2.51. The van der Waals surface area contributed by atoms with Crippen molar-refractivity contribution in [1.29, 1.82) is 0 Å². The van der Waals surface area contributed by atoms with Crippen LogP contribution in [0, 0.1) is 0 Å². The Bertz CT molecular complexity index is 1230. The van der Waals surface area contributed by atoms with Gasteiger partial charge in [0, 0.05) is 35.0 Å². The molecule has 0 saturated carbocycles. The first-order chi connectivity index (χ1) is 15.2. The van der Waals surface area contributed by atoms with Gasteiger partial charge in [0.15, 0.2) is 0 Å². The van der Waals surface area contributed by atoms with E-state index in [-0.39, 0.29) is 21.7 Å². The van der Waals surface area contributed by atoms with Crippen LogP contribution in [-0.4, -0.2) is 29.9 Å². The predicted molar refractivity (Wildman–Crippen MR) is 137 cm³/mol. The van der Waals surface area contributed by atoms with E-state index in [2.05, 4.69) is 51.7 Å². The Labute approximate surface area is 194 Å². The highest BCUT2D eigenvalue weighted by molar-refractivity contribution is 8.15. The molecule has 5 rings (SSSR count). The van der Waals surface area contributed by atoms with E-state index in [1.165, 1.54) is 16.8 Å². The van der Waals surface area contributed by atoms with Gasteiger partial charge in [0.05, 0.1) is 12.1 Å². The number of rotatable bonds is 1. The summed E-state index contributed by atoms with van der Waals surface area (Å²) in [6.07, 6.45) is 10.4. The van der Waals surface area contributed by atoms with Crippen LogP contribution in [0.1, 0.15) is 64.2 Å². The summed E-state index contributed by atoms with van der Waals surface area (Å²) in [4.78, 5) is 20.5. The zero-order valence-corrected chi connectivity index (χ0v) is 20.5. The van der Waals surface area contributed by atoms with E-state index in [9.17, 15) is 4.79 Å². The monoisotopic (exact) mass is 448 g/mol. The van der Waals surface area contributed by atoms with Crippen LogP contribution in [0.25, 0.3) is 11.0 Å². The molecule has 32 heavy (non-hydrogen) atoms. The third kappa shape index (κ3) is 3.55. The number of hydrogen-bond acceptors (Lipinski definition) is 5. The quantitative estimate of drug-likeness (QED) is 0.505. The van der Waals surface area contributed by atoms with Crippen LogP contribution in [0.2, 0.25) is 0 Å². The lowest BCUT2D eigenvalue weighted by Gasteiger charge is -2.48. The summed E-state index contributed by atoms with van der Waals surface area (Å²) in [5.74, 6) is 0. The van der Waals surface area contributed by atoms with Gasteiger partial charge < -0.3 is 9.32 Å². The first-order valence-corrected chi connectivity index (χ1v) is 12.5. The summed E-state index contributed by atoms with van der Waals surface area (Å²) >= 11 is 1.61. The maximum absolute atomic E-state index is 13.3. The molecule has 0 amide bonds. The molecule has 0 unspecified atom stereocenters. The maximum atomic E-state index is 13.3. The number of benzene rings is 1. The third-order valence-corrected chi connectivity index (χ3v) is 8.33. The van der Waals surface area contributed by atoms with Crippen LogP contribution < -0.4 is 10.5 Å². The molecular formula is C27H32N2O2S. The predicted octanol–water partition coefficient (Wildman–Crippen LogP) is 5.96. The number of nitrogens with zero attached hydrogens (tertiary/aromatic N) is 2. The largest absolute Gasteiger partial charge is 0.422 e. The summed E-state index contributed by atoms with van der Waals surface area (Å²) < 4.78 is 6.15. The molecular weight excluding hydrogens is 416 g/mol. The van der Waals surface area contributed by atoms with Crippen molar-refractivity contribution < 1.29 is 4.42 Å². The normalized spacial score (nSPS) is 27.5. The molecule has 2 aromatic rings. The van der Waals surface area contributed by atoms with Crippen LogP contribution in [0.4, 0.5) is 5.69 Å². The van der Waals surface area contributed by atoms with Gasteiger partial charge in [0.1, 0.15) is 10.6 Å². The number of thioether (sulfide) groups is 1. The van der Waals surface area contributed by atoms with Crippen molar-refractivity contribution in [2.45, 2.75) is 63.5 Å². The molecule has 0 aliphatic carbocycles. The number of allylic oxidation sites excluding steroid dienone is 2. The molecule has 0 spiro atoms. The van der Waals surface area contributed by atoms with Crippen molar-refractivity contribution >= 4 is 33.5 Å². The van der Waals surface area contributed by atoms with Gasteiger partial charge in [-0.15, -0.1) is 0 Å². The lowest BCUT2D eigenvalue weighted by atomic mass is 9.69. The minimum absolute atomic E-state index is 0.0422. The van der Waals surface area contributed by atoms with Gasteiger partial charge in [-0.05, 0) is 48.3 Å². The van der Waals surface area contributed by atoms with Crippen LogP contribution in [0.3, 0.4) is 0 Å². The fourth-order valence-electron chi connectivity index (χ4n) is 5.20. The molecule has 0 radical (unpaired) electrons. The van der Waals surface area contributed by atoms with Gasteiger partial charge >= 0.3 is 5.63 Å². The minimum Gasteiger partial charge on any atom is -0.422 e. The Morgan fingerprint density at radius 1 is 1.09 bits per heavy atom. The van der Waals surface area contributed by atoms with Gasteiger partial charge in [-0.3, -0.25) is 4.99 Å². The SMILES string of the molecule is C[C@@H]1/C=C\C=C/C/N=C(/c2cc3cc4c5c(c3oc2=O)C(C)(C)CCN5CCC4(C)C)S1. The van der Waals surface area contributed by atoms with E-state index in [0.29, 0.717) is 12.1 Å². The Morgan fingerprint density at radius 3 is 2.62 bits per heavy atom. The van der Waals surface area contributed by atoms with Gasteiger partial charge in [0.25, 0.3) is 0 Å². The van der Waals surface area contributed by atoms with Gasteiger partial charge in [-0.1, -0.05) is 63.8 Å². The summed E-state index contributed by atoms with van der Waals surface area (Å²) in [7, 11) is 0. The summed E-state index contributed by atoms with van der Waals surface area (Å²) in [6.45, 7) is 14.0. The average Bonchev–Trinajstić information content (AvgIpc) is 2.83. The van der Waals surface area contributed by atoms with Crippen molar-refractivity contribution in [1.82, 2.24) is 0 Å². The van der Waals surface area contributed by atoms with Crippen LogP contribution in [-0.2, 0) is 10.8 Å². The molecule has 5 heteroatoms. The van der Waals surface area contributed by atoms with Gasteiger partial charge in [-0.2, -0.15) is 0 Å². The molecule has 4 heterocycles. The fraction of sp³-hybridized carbons (Fsp3) is 0.481. The minimum atomic E-state index is -0.289. The molecule has 0 N–H and O–H groups in total. The van der Waals surface area contributed by atoms with E-state index in [4.69, 9.17) is 9.41 Å². The number of fused-ring (bicyclic) bond motifs is 2. The number of anilines is 1. The van der Waals surface area contributed by atoms with E-state index < -0.39 is 0 Å². The van der Waals surface area contributed by atoms with Crippen molar-refractivity contribution in [3.8, 4) is 0 Å². The standard InChI is InChI=1S/C27H32N2O2S/c1-17-9-7-6-8-12-28-24(32-17)19-15-18-16-20-22-21(23(18)31-25(19)30)27(4,5)11-14-29(22)13-10-26(20,2)3/h6-9,15-17H,10-14H2,1-5H3/b8-6-,9-7-,28-24-/t17-/m1/s1. The summed E-state index contributed by atoms with van der Waals surface area (Å²) in [6, 6.07) is 4.30. The number of hydrogen-bond donors (Lipinski definition) is 0. The summed E-state index contributed by atoms with van der Waals surface area (Å²) in [5.41, 5.74) is 4.97. The molecule has 0 saturated heterocycles. The summed E-state index contributed by atoms with van der Waals surface area (Å²) in [5, 5.41) is 2.00. The lowest BCUT2D eigenvalue weighted by Crippen LogP contribution is -2.44. The van der Waals surface area contributed by atoms with Gasteiger partial charge in [0.2, 0.25) is 0 Å². The van der Waals surface area contributed by atoms with Crippen molar-refractivity contribution in [3.63, 3.8) is 0 Å². The van der Waals surface area contributed by atoms with Crippen molar-refractivity contribution in [3.05, 3.63) is 63.5 Å². The first-order valence-electron chi connectivity index (χ1n) is 11.6. The Balaban J connectivity index is 1.77. The lowest BCUT2D eigenvalue weighted by molar-refractivity contribution is 0.398. The maximum Gasteiger partial charge on any atom is 0.346 e. The van der Waals surface area contributed by atoms with E-state index in [1.807, 2.05) is 24.3 Å². The fourth-order valence-corrected chi connectivity index (χ4v) is 6.14. The molecule has 4 nitrogen and oxygen atoms in total. The molecule has 168 valence electrons. The molecule has 1 aromatic carbocycles. The Morgan fingerprint density at radius 2 is 1.84 bits per heavy atom. The zero-order chi connectivity index (χ0) is 22.7. The first kappa shape index (κ1) is 21.6.